The molecule has 2 atom stereocenters. The third kappa shape index (κ3) is 2.19. The molecule has 0 amide bonds. The van der Waals surface area contributed by atoms with Gasteiger partial charge in [-0.05, 0) is 19.4 Å². The van der Waals surface area contributed by atoms with Crippen LogP contribution in [0, 0.1) is 5.82 Å². The Morgan fingerprint density at radius 1 is 1.47 bits per heavy atom. The fraction of sp³-hybridized carbons (Fsp3) is 0.500. The molecule has 1 aromatic carbocycles. The molecule has 1 aromatic rings. The van der Waals surface area contributed by atoms with Crippen LogP contribution in [0.4, 0.5) is 4.39 Å². The summed E-state index contributed by atoms with van der Waals surface area (Å²) in [5, 5.41) is 0. The number of nitrogens with zero attached hydrogens (tertiary/aromatic N) is 1. The van der Waals surface area contributed by atoms with E-state index in [0.29, 0.717) is 0 Å². The van der Waals surface area contributed by atoms with Crippen molar-refractivity contribution in [2.45, 2.75) is 25.4 Å². The lowest BCUT2D eigenvalue weighted by atomic mass is 10.1. The standard InChI is InChI=1S/C12H17FN2/c1-9(15-7-6-10(14)8-15)11-4-2-3-5-12(11)13/h2-5,9-10H,6-8,14H2,1H3/t9?,10-/m0/s1. The molecule has 2 N–H and O–H groups in total. The number of hydrogen-bond acceptors (Lipinski definition) is 2. The number of hydrogen-bond donors (Lipinski definition) is 1. The Labute approximate surface area is 89.9 Å². The van der Waals surface area contributed by atoms with E-state index >= 15 is 0 Å². The first-order chi connectivity index (χ1) is 7.18. The van der Waals surface area contributed by atoms with Crippen molar-refractivity contribution in [1.82, 2.24) is 4.90 Å². The summed E-state index contributed by atoms with van der Waals surface area (Å²) in [5.41, 5.74) is 6.61. The quantitative estimate of drug-likeness (QED) is 0.804. The van der Waals surface area contributed by atoms with Gasteiger partial charge in [-0.3, -0.25) is 4.90 Å². The van der Waals surface area contributed by atoms with Crippen molar-refractivity contribution in [2.24, 2.45) is 5.73 Å². The Bertz CT molecular complexity index is 340. The molecule has 1 unspecified atom stereocenters. The van der Waals surface area contributed by atoms with Crippen molar-refractivity contribution in [3.8, 4) is 0 Å². The van der Waals surface area contributed by atoms with Crippen LogP contribution in [0.1, 0.15) is 24.9 Å². The van der Waals surface area contributed by atoms with Crippen LogP contribution in [0.2, 0.25) is 0 Å². The monoisotopic (exact) mass is 208 g/mol. The van der Waals surface area contributed by atoms with Crippen LogP contribution in [0.25, 0.3) is 0 Å². The minimum atomic E-state index is -0.120. The Kier molecular flexibility index (Phi) is 3.03. The molecule has 82 valence electrons. The molecule has 1 fully saturated rings. The summed E-state index contributed by atoms with van der Waals surface area (Å²) in [5.74, 6) is -0.120. The zero-order valence-corrected chi connectivity index (χ0v) is 8.99. The van der Waals surface area contributed by atoms with Crippen LogP contribution in [0.15, 0.2) is 24.3 Å². The highest BCUT2D eigenvalue weighted by atomic mass is 19.1. The summed E-state index contributed by atoms with van der Waals surface area (Å²) in [6, 6.07) is 7.34. The molecule has 0 saturated carbocycles. The van der Waals surface area contributed by atoms with Gasteiger partial charge in [0.05, 0.1) is 0 Å². The predicted octanol–water partition coefficient (Wildman–Crippen LogP) is 1.92. The zero-order chi connectivity index (χ0) is 10.8. The van der Waals surface area contributed by atoms with E-state index in [1.165, 1.54) is 6.07 Å². The van der Waals surface area contributed by atoms with Gasteiger partial charge in [0.2, 0.25) is 0 Å². The second-order valence-corrected chi connectivity index (χ2v) is 4.24. The van der Waals surface area contributed by atoms with Crippen molar-refractivity contribution in [3.63, 3.8) is 0 Å². The van der Waals surface area contributed by atoms with Crippen LogP contribution in [0.3, 0.4) is 0 Å². The van der Waals surface area contributed by atoms with Gasteiger partial charge in [0.1, 0.15) is 5.82 Å². The van der Waals surface area contributed by atoms with Crippen LogP contribution in [0.5, 0.6) is 0 Å². The second-order valence-electron chi connectivity index (χ2n) is 4.24. The van der Waals surface area contributed by atoms with E-state index < -0.39 is 0 Å². The second kappa shape index (κ2) is 4.29. The largest absolute Gasteiger partial charge is 0.326 e. The van der Waals surface area contributed by atoms with Crippen molar-refractivity contribution >= 4 is 0 Å². The van der Waals surface area contributed by atoms with Crippen molar-refractivity contribution in [1.29, 1.82) is 0 Å². The number of halogens is 1. The highest BCUT2D eigenvalue weighted by Crippen LogP contribution is 2.25. The molecule has 0 spiro atoms. The molecule has 2 nitrogen and oxygen atoms in total. The molecular weight excluding hydrogens is 191 g/mol. The molecule has 15 heavy (non-hydrogen) atoms. The molecule has 1 saturated heterocycles. The Morgan fingerprint density at radius 2 is 2.20 bits per heavy atom. The molecule has 3 heteroatoms. The number of nitrogens with two attached hydrogens (primary N) is 1. The van der Waals surface area contributed by atoms with Gasteiger partial charge in [0.25, 0.3) is 0 Å². The highest BCUT2D eigenvalue weighted by Gasteiger charge is 2.25. The topological polar surface area (TPSA) is 29.3 Å². The van der Waals surface area contributed by atoms with E-state index in [-0.39, 0.29) is 17.9 Å². The van der Waals surface area contributed by atoms with Crippen LogP contribution in [-0.2, 0) is 0 Å². The lowest BCUT2D eigenvalue weighted by molar-refractivity contribution is 0.254. The SMILES string of the molecule is CC(c1ccccc1F)N1CC[C@H](N)C1. The molecule has 0 radical (unpaired) electrons. The van der Waals surface area contributed by atoms with Gasteiger partial charge in [0, 0.05) is 30.7 Å². The fourth-order valence-electron chi connectivity index (χ4n) is 2.18. The third-order valence-corrected chi connectivity index (χ3v) is 3.16. The minimum absolute atomic E-state index is 0.120. The lowest BCUT2D eigenvalue weighted by Gasteiger charge is -2.24. The fourth-order valence-corrected chi connectivity index (χ4v) is 2.18. The van der Waals surface area contributed by atoms with E-state index in [1.54, 1.807) is 6.07 Å². The van der Waals surface area contributed by atoms with Gasteiger partial charge >= 0.3 is 0 Å². The van der Waals surface area contributed by atoms with Crippen molar-refractivity contribution in [2.75, 3.05) is 13.1 Å². The highest BCUT2D eigenvalue weighted by molar-refractivity contribution is 5.21. The van der Waals surface area contributed by atoms with Crippen LogP contribution in [-0.4, -0.2) is 24.0 Å². The Morgan fingerprint density at radius 3 is 2.80 bits per heavy atom. The predicted molar refractivity (Wildman–Crippen MR) is 59.0 cm³/mol. The van der Waals surface area contributed by atoms with Crippen molar-refractivity contribution in [3.05, 3.63) is 35.6 Å². The van der Waals surface area contributed by atoms with E-state index in [2.05, 4.69) is 4.90 Å². The maximum absolute atomic E-state index is 13.5. The Hall–Kier alpha value is -0.930. The zero-order valence-electron chi connectivity index (χ0n) is 8.99. The first-order valence-electron chi connectivity index (χ1n) is 5.42. The van der Waals surface area contributed by atoms with Gasteiger partial charge in [-0.15, -0.1) is 0 Å². The van der Waals surface area contributed by atoms with Gasteiger partial charge in [-0.25, -0.2) is 4.39 Å². The van der Waals surface area contributed by atoms with Crippen LogP contribution < -0.4 is 5.73 Å². The van der Waals surface area contributed by atoms with Gasteiger partial charge in [0.15, 0.2) is 0 Å². The average molecular weight is 208 g/mol. The molecule has 1 aliphatic heterocycles. The molecule has 1 heterocycles. The third-order valence-electron chi connectivity index (χ3n) is 3.16. The number of benzene rings is 1. The van der Waals surface area contributed by atoms with E-state index in [0.717, 1.165) is 25.1 Å². The van der Waals surface area contributed by atoms with Crippen LogP contribution >= 0.6 is 0 Å². The molecule has 0 aliphatic carbocycles. The van der Waals surface area contributed by atoms with Gasteiger partial charge in [-0.1, -0.05) is 18.2 Å². The summed E-state index contributed by atoms with van der Waals surface area (Å²) in [7, 11) is 0. The molecular formula is C12H17FN2. The first-order valence-corrected chi connectivity index (χ1v) is 5.42. The Balaban J connectivity index is 2.14. The lowest BCUT2D eigenvalue weighted by Crippen LogP contribution is -2.29. The van der Waals surface area contributed by atoms with E-state index in [1.807, 2.05) is 19.1 Å². The van der Waals surface area contributed by atoms with Crippen molar-refractivity contribution < 1.29 is 4.39 Å². The van der Waals surface area contributed by atoms with E-state index in [4.69, 9.17) is 5.73 Å². The first kappa shape index (κ1) is 10.6. The van der Waals surface area contributed by atoms with Gasteiger partial charge in [-0.2, -0.15) is 0 Å². The number of likely N-dealkylation sites (tertiary alicyclic amines) is 1. The van der Waals surface area contributed by atoms with E-state index in [9.17, 15) is 4.39 Å². The smallest absolute Gasteiger partial charge is 0.127 e. The maximum Gasteiger partial charge on any atom is 0.127 e. The maximum atomic E-state index is 13.5. The summed E-state index contributed by atoms with van der Waals surface area (Å²) in [6.07, 6.45) is 1.01. The average Bonchev–Trinajstić information content (AvgIpc) is 2.65. The summed E-state index contributed by atoms with van der Waals surface area (Å²) in [6.45, 7) is 3.88. The summed E-state index contributed by atoms with van der Waals surface area (Å²) < 4.78 is 13.5. The molecule has 2 rings (SSSR count). The molecule has 1 aliphatic rings. The van der Waals surface area contributed by atoms with Gasteiger partial charge < -0.3 is 5.73 Å². The summed E-state index contributed by atoms with van der Waals surface area (Å²) in [4.78, 5) is 2.24. The molecule has 0 aromatic heterocycles. The normalized spacial score (nSPS) is 24.3. The number of rotatable bonds is 2. The summed E-state index contributed by atoms with van der Waals surface area (Å²) >= 11 is 0. The molecule has 0 bridgehead atoms. The minimum Gasteiger partial charge on any atom is -0.326 e.